The van der Waals surface area contributed by atoms with Crippen LogP contribution < -0.4 is 10.1 Å². The van der Waals surface area contributed by atoms with Crippen LogP contribution in [0.25, 0.3) is 0 Å². The Morgan fingerprint density at radius 1 is 1.56 bits per heavy atom. The van der Waals surface area contributed by atoms with Crippen molar-refractivity contribution >= 4 is 11.7 Å². The van der Waals surface area contributed by atoms with Crippen molar-refractivity contribution in [2.24, 2.45) is 0 Å². The molecular weight excluding hydrogens is 244 g/mol. The van der Waals surface area contributed by atoms with Crippen LogP contribution in [-0.4, -0.2) is 19.2 Å². The van der Waals surface area contributed by atoms with Crippen LogP contribution in [-0.2, 0) is 9.53 Å². The number of fused-ring (bicyclic) bond motifs is 1. The monoisotopic (exact) mass is 255 g/mol. The maximum atomic E-state index is 13.5. The Hall–Kier alpha value is -2.11. The zero-order valence-corrected chi connectivity index (χ0v) is 9.63. The number of carbonyl (C=O) groups excluding carboxylic acids is 1. The molecule has 0 radical (unpaired) electrons. The largest absolute Gasteiger partial charge is 0.485 e. The normalized spacial score (nSPS) is 15.6. The highest BCUT2D eigenvalue weighted by Gasteiger charge is 2.19. The summed E-state index contributed by atoms with van der Waals surface area (Å²) < 4.78 is 36.3. The molecule has 0 saturated carbocycles. The first-order valence-electron chi connectivity index (χ1n) is 5.36. The summed E-state index contributed by atoms with van der Waals surface area (Å²) >= 11 is 0. The molecule has 18 heavy (non-hydrogen) atoms. The summed E-state index contributed by atoms with van der Waals surface area (Å²) in [5, 5.41) is 2.68. The lowest BCUT2D eigenvalue weighted by Gasteiger charge is -2.21. The molecule has 0 spiro atoms. The van der Waals surface area contributed by atoms with Crippen molar-refractivity contribution in [3.8, 4) is 5.75 Å². The smallest absolute Gasteiger partial charge is 0.332 e. The van der Waals surface area contributed by atoms with E-state index in [1.165, 1.54) is 6.08 Å². The van der Waals surface area contributed by atoms with E-state index in [2.05, 4.69) is 5.32 Å². The van der Waals surface area contributed by atoms with Crippen molar-refractivity contribution in [1.82, 2.24) is 0 Å². The Morgan fingerprint density at radius 2 is 2.33 bits per heavy atom. The van der Waals surface area contributed by atoms with Crippen LogP contribution in [0.15, 0.2) is 23.9 Å². The third-order valence-corrected chi connectivity index (χ3v) is 2.27. The molecule has 1 aliphatic rings. The molecule has 6 heteroatoms. The Morgan fingerprint density at radius 3 is 3.06 bits per heavy atom. The van der Waals surface area contributed by atoms with Crippen LogP contribution in [0.2, 0.25) is 0 Å². The first-order chi connectivity index (χ1) is 8.60. The number of benzene rings is 1. The van der Waals surface area contributed by atoms with Crippen LogP contribution in [0.1, 0.15) is 6.92 Å². The highest BCUT2D eigenvalue weighted by Crippen LogP contribution is 2.33. The Labute approximate surface area is 102 Å². The topological polar surface area (TPSA) is 47.6 Å². The number of nitrogens with one attached hydrogen (secondary N) is 1. The van der Waals surface area contributed by atoms with Crippen molar-refractivity contribution in [1.29, 1.82) is 0 Å². The molecule has 1 aliphatic heterocycles. The molecule has 96 valence electrons. The van der Waals surface area contributed by atoms with Gasteiger partial charge in [0.2, 0.25) is 0 Å². The summed E-state index contributed by atoms with van der Waals surface area (Å²) in [4.78, 5) is 11.2. The summed E-state index contributed by atoms with van der Waals surface area (Å²) in [6, 6.07) is 1.81. The van der Waals surface area contributed by atoms with Gasteiger partial charge in [0.1, 0.15) is 23.9 Å². The van der Waals surface area contributed by atoms with Crippen molar-refractivity contribution < 1.29 is 23.0 Å². The first kappa shape index (κ1) is 12.3. The molecule has 0 saturated heterocycles. The number of hydrogen-bond acceptors (Lipinski definition) is 4. The van der Waals surface area contributed by atoms with E-state index >= 15 is 0 Å². The van der Waals surface area contributed by atoms with Crippen LogP contribution in [0.4, 0.5) is 14.5 Å². The van der Waals surface area contributed by atoms with Crippen molar-refractivity contribution in [2.45, 2.75) is 6.92 Å². The summed E-state index contributed by atoms with van der Waals surface area (Å²) in [7, 11) is 0. The van der Waals surface area contributed by atoms with Gasteiger partial charge in [-0.25, -0.2) is 13.6 Å². The third kappa shape index (κ3) is 2.58. The molecule has 0 unspecified atom stereocenters. The predicted molar refractivity (Wildman–Crippen MR) is 60.2 cm³/mol. The molecule has 0 aromatic heterocycles. The van der Waals surface area contributed by atoms with E-state index in [9.17, 15) is 13.6 Å². The van der Waals surface area contributed by atoms with E-state index < -0.39 is 17.6 Å². The van der Waals surface area contributed by atoms with Crippen molar-refractivity contribution in [3.63, 3.8) is 0 Å². The maximum absolute atomic E-state index is 13.5. The highest BCUT2D eigenvalue weighted by atomic mass is 19.1. The van der Waals surface area contributed by atoms with Crippen molar-refractivity contribution in [3.05, 3.63) is 35.5 Å². The molecule has 4 nitrogen and oxygen atoms in total. The van der Waals surface area contributed by atoms with Gasteiger partial charge >= 0.3 is 5.97 Å². The number of ether oxygens (including phenoxy) is 2. The molecule has 0 fully saturated rings. The third-order valence-electron chi connectivity index (χ3n) is 2.27. The van der Waals surface area contributed by atoms with E-state index in [-0.39, 0.29) is 24.7 Å². The van der Waals surface area contributed by atoms with Crippen molar-refractivity contribution in [2.75, 3.05) is 18.5 Å². The van der Waals surface area contributed by atoms with E-state index in [1.54, 1.807) is 6.92 Å². The van der Waals surface area contributed by atoms with Gasteiger partial charge < -0.3 is 14.8 Å². The van der Waals surface area contributed by atoms with Gasteiger partial charge in [0, 0.05) is 18.2 Å². The SMILES string of the molecule is CCOC(=O)/C=C1\COc2cc(F)cc(F)c2N1. The standard InChI is InChI=1S/C12H11F2NO3/c1-2-17-11(16)5-8-6-18-10-4-7(13)3-9(14)12(10)15-8/h3-5,15H,2,6H2,1H3/b8-5+. The zero-order chi connectivity index (χ0) is 13.1. The Kier molecular flexibility index (Phi) is 3.45. The Balaban J connectivity index is 2.22. The molecule has 1 N–H and O–H groups in total. The summed E-state index contributed by atoms with van der Waals surface area (Å²) in [6.45, 7) is 1.95. The number of halogens is 2. The molecule has 1 aromatic rings. The molecule has 2 rings (SSSR count). The van der Waals surface area contributed by atoms with Crippen LogP contribution >= 0.6 is 0 Å². The van der Waals surface area contributed by atoms with Gasteiger partial charge in [-0.3, -0.25) is 0 Å². The molecule has 0 bridgehead atoms. The minimum Gasteiger partial charge on any atom is -0.485 e. The van der Waals surface area contributed by atoms with E-state index in [0.717, 1.165) is 12.1 Å². The maximum Gasteiger partial charge on any atom is 0.332 e. The van der Waals surface area contributed by atoms with E-state index in [4.69, 9.17) is 9.47 Å². The summed E-state index contributed by atoms with van der Waals surface area (Å²) in [5.41, 5.74) is 0.365. The average Bonchev–Trinajstić information content (AvgIpc) is 2.30. The minimum atomic E-state index is -0.778. The number of esters is 1. The molecule has 0 aliphatic carbocycles. The molecule has 1 aromatic carbocycles. The van der Waals surface area contributed by atoms with Crippen LogP contribution in [0.5, 0.6) is 5.75 Å². The van der Waals surface area contributed by atoms with Gasteiger partial charge in [-0.1, -0.05) is 0 Å². The fraction of sp³-hybridized carbons (Fsp3) is 0.250. The lowest BCUT2D eigenvalue weighted by atomic mass is 10.2. The number of anilines is 1. The van der Waals surface area contributed by atoms with Gasteiger partial charge in [0.05, 0.1) is 12.3 Å². The number of carbonyl (C=O) groups is 1. The second-order valence-corrected chi connectivity index (χ2v) is 3.60. The lowest BCUT2D eigenvalue weighted by molar-refractivity contribution is -0.137. The summed E-state index contributed by atoms with van der Waals surface area (Å²) in [5.74, 6) is -1.96. The van der Waals surface area contributed by atoms with Crippen LogP contribution in [0, 0.1) is 11.6 Å². The average molecular weight is 255 g/mol. The molecular formula is C12H11F2NO3. The quantitative estimate of drug-likeness (QED) is 0.650. The second kappa shape index (κ2) is 5.03. The summed E-state index contributed by atoms with van der Waals surface area (Å²) in [6.07, 6.45) is 1.18. The highest BCUT2D eigenvalue weighted by molar-refractivity contribution is 5.84. The zero-order valence-electron chi connectivity index (χ0n) is 9.63. The minimum absolute atomic E-state index is 0.0122. The fourth-order valence-corrected chi connectivity index (χ4v) is 1.54. The van der Waals surface area contributed by atoms with Gasteiger partial charge in [-0.05, 0) is 6.92 Å². The van der Waals surface area contributed by atoms with Gasteiger partial charge in [-0.2, -0.15) is 0 Å². The van der Waals surface area contributed by atoms with Gasteiger partial charge in [0.25, 0.3) is 0 Å². The predicted octanol–water partition coefficient (Wildman–Crippen LogP) is 2.22. The number of rotatable bonds is 2. The van der Waals surface area contributed by atoms with Gasteiger partial charge in [-0.15, -0.1) is 0 Å². The Bertz CT molecular complexity index is 514. The van der Waals surface area contributed by atoms with E-state index in [0.29, 0.717) is 5.70 Å². The number of hydrogen-bond donors (Lipinski definition) is 1. The molecule has 1 heterocycles. The first-order valence-corrected chi connectivity index (χ1v) is 5.36. The second-order valence-electron chi connectivity index (χ2n) is 3.60. The molecule has 0 atom stereocenters. The fourth-order valence-electron chi connectivity index (χ4n) is 1.54. The molecule has 0 amide bonds. The lowest BCUT2D eigenvalue weighted by Crippen LogP contribution is -2.19. The van der Waals surface area contributed by atoms with Crippen LogP contribution in [0.3, 0.4) is 0 Å². The van der Waals surface area contributed by atoms with Gasteiger partial charge in [0.15, 0.2) is 5.82 Å². The van der Waals surface area contributed by atoms with E-state index in [1.807, 2.05) is 0 Å².